The number of nitrogens with one attached hydrogen (secondary N) is 1. The summed E-state index contributed by atoms with van der Waals surface area (Å²) in [7, 11) is 0. The molecule has 0 amide bonds. The molecule has 166 valence electrons. The summed E-state index contributed by atoms with van der Waals surface area (Å²) in [5.74, 6) is 0.928. The minimum atomic E-state index is 0.0796. The maximum Gasteiger partial charge on any atom is 0.182 e. The fourth-order valence-corrected chi connectivity index (χ4v) is 5.10. The van der Waals surface area contributed by atoms with Crippen molar-refractivity contribution in [3.8, 4) is 0 Å². The maximum atomic E-state index is 6.58. The highest BCUT2D eigenvalue weighted by Gasteiger charge is 2.30. The van der Waals surface area contributed by atoms with E-state index < -0.39 is 0 Å². The van der Waals surface area contributed by atoms with Crippen molar-refractivity contribution in [1.82, 2.24) is 19.9 Å². The lowest BCUT2D eigenvalue weighted by Crippen LogP contribution is -2.36. The summed E-state index contributed by atoms with van der Waals surface area (Å²) in [6.07, 6.45) is 11.0. The Bertz CT molecular complexity index is 1120. The van der Waals surface area contributed by atoms with Crippen LogP contribution in [0.3, 0.4) is 0 Å². The van der Waals surface area contributed by atoms with E-state index in [1.807, 2.05) is 0 Å². The SMILES string of the molecule is C1=Cc2ccc(N3CCOCC3)cc2C(OC[C@H]2CCCN2c2ncnc3nc[nH]c23)C1. The molecule has 0 bridgehead atoms. The largest absolute Gasteiger partial charge is 0.378 e. The van der Waals surface area contributed by atoms with E-state index in [4.69, 9.17) is 9.47 Å². The molecule has 8 heteroatoms. The van der Waals surface area contributed by atoms with Gasteiger partial charge in [-0.15, -0.1) is 0 Å². The number of morpholine rings is 1. The summed E-state index contributed by atoms with van der Waals surface area (Å²) >= 11 is 0. The van der Waals surface area contributed by atoms with E-state index in [-0.39, 0.29) is 6.10 Å². The van der Waals surface area contributed by atoms with Gasteiger partial charge in [-0.25, -0.2) is 15.0 Å². The van der Waals surface area contributed by atoms with Gasteiger partial charge in [0.05, 0.1) is 38.3 Å². The summed E-state index contributed by atoms with van der Waals surface area (Å²) in [5.41, 5.74) is 5.43. The molecule has 1 aliphatic carbocycles. The zero-order valence-corrected chi connectivity index (χ0v) is 18.1. The van der Waals surface area contributed by atoms with Crippen molar-refractivity contribution >= 4 is 28.7 Å². The van der Waals surface area contributed by atoms with Gasteiger partial charge in [0.2, 0.25) is 0 Å². The van der Waals surface area contributed by atoms with E-state index in [0.717, 1.165) is 63.4 Å². The molecule has 4 heterocycles. The van der Waals surface area contributed by atoms with Gasteiger partial charge in [0, 0.05) is 25.3 Å². The normalized spacial score (nSPS) is 23.1. The van der Waals surface area contributed by atoms with E-state index >= 15 is 0 Å². The van der Waals surface area contributed by atoms with Gasteiger partial charge in [0.25, 0.3) is 0 Å². The highest BCUT2D eigenvalue weighted by atomic mass is 16.5. The standard InChI is InChI=1S/C24H28N6O2/c1-3-17-6-7-18(29-9-11-31-12-10-29)13-20(17)21(5-1)32-14-19-4-2-8-30(19)24-22-23(26-15-25-22)27-16-28-24/h1,3,6-7,13,15-16,19,21H,2,4-5,8-12,14H2,(H,25,26,27,28)/t19-,21?/m1/s1. The van der Waals surface area contributed by atoms with Gasteiger partial charge in [0.1, 0.15) is 11.8 Å². The lowest BCUT2D eigenvalue weighted by molar-refractivity contribution is 0.0450. The monoisotopic (exact) mass is 432 g/mol. The van der Waals surface area contributed by atoms with Crippen molar-refractivity contribution in [2.45, 2.75) is 31.4 Å². The molecule has 3 aliphatic rings. The number of aromatic amines is 1. The van der Waals surface area contributed by atoms with Crippen LogP contribution >= 0.6 is 0 Å². The van der Waals surface area contributed by atoms with Crippen LogP contribution in [-0.4, -0.2) is 65.4 Å². The number of rotatable bonds is 5. The minimum Gasteiger partial charge on any atom is -0.378 e. The highest BCUT2D eigenvalue weighted by Crippen LogP contribution is 2.35. The fourth-order valence-electron chi connectivity index (χ4n) is 5.10. The number of nitrogens with zero attached hydrogens (tertiary/aromatic N) is 5. The van der Waals surface area contributed by atoms with Crippen molar-refractivity contribution < 1.29 is 9.47 Å². The molecule has 0 spiro atoms. The number of fused-ring (bicyclic) bond motifs is 2. The van der Waals surface area contributed by atoms with E-state index in [1.54, 1.807) is 12.7 Å². The summed E-state index contributed by atoms with van der Waals surface area (Å²) in [4.78, 5) is 21.1. The fraction of sp³-hybridized carbons (Fsp3) is 0.458. The third-order valence-electron chi connectivity index (χ3n) is 6.78. The molecular formula is C24H28N6O2. The lowest BCUT2D eigenvalue weighted by Gasteiger charge is -2.32. The summed E-state index contributed by atoms with van der Waals surface area (Å²) in [5, 5.41) is 0. The van der Waals surface area contributed by atoms with Crippen LogP contribution in [0, 0.1) is 0 Å². The van der Waals surface area contributed by atoms with E-state index in [2.05, 4.69) is 60.1 Å². The average Bonchev–Trinajstić information content (AvgIpc) is 3.52. The van der Waals surface area contributed by atoms with Gasteiger partial charge in [-0.3, -0.25) is 0 Å². The van der Waals surface area contributed by atoms with E-state index in [1.165, 1.54) is 16.8 Å². The summed E-state index contributed by atoms with van der Waals surface area (Å²) in [6.45, 7) is 5.12. The van der Waals surface area contributed by atoms with Crippen LogP contribution in [-0.2, 0) is 9.47 Å². The molecule has 0 saturated carbocycles. The van der Waals surface area contributed by atoms with Crippen LogP contribution in [0.4, 0.5) is 11.5 Å². The van der Waals surface area contributed by atoms with Crippen LogP contribution in [0.1, 0.15) is 36.5 Å². The van der Waals surface area contributed by atoms with Gasteiger partial charge in [-0.2, -0.15) is 0 Å². The number of H-pyrrole nitrogens is 1. The summed E-state index contributed by atoms with van der Waals surface area (Å²) in [6, 6.07) is 7.07. The van der Waals surface area contributed by atoms with Crippen LogP contribution in [0.5, 0.6) is 0 Å². The zero-order valence-electron chi connectivity index (χ0n) is 18.1. The Morgan fingerprint density at radius 3 is 3.00 bits per heavy atom. The number of aromatic nitrogens is 4. The Kier molecular flexibility index (Phi) is 5.24. The van der Waals surface area contributed by atoms with Crippen molar-refractivity contribution in [2.24, 2.45) is 0 Å². The molecular weight excluding hydrogens is 404 g/mol. The highest BCUT2D eigenvalue weighted by molar-refractivity contribution is 5.83. The Morgan fingerprint density at radius 1 is 1.12 bits per heavy atom. The van der Waals surface area contributed by atoms with Crippen LogP contribution in [0.25, 0.3) is 17.2 Å². The Morgan fingerprint density at radius 2 is 2.06 bits per heavy atom. The topological polar surface area (TPSA) is 79.4 Å². The lowest BCUT2D eigenvalue weighted by atomic mass is 9.94. The van der Waals surface area contributed by atoms with Crippen molar-refractivity contribution in [1.29, 1.82) is 0 Å². The smallest absolute Gasteiger partial charge is 0.182 e. The Balaban J connectivity index is 1.20. The van der Waals surface area contributed by atoms with Crippen molar-refractivity contribution in [3.05, 3.63) is 48.1 Å². The third kappa shape index (κ3) is 3.63. The predicted octanol–water partition coefficient (Wildman–Crippen LogP) is 3.33. The third-order valence-corrected chi connectivity index (χ3v) is 6.78. The van der Waals surface area contributed by atoms with E-state index in [9.17, 15) is 0 Å². The van der Waals surface area contributed by atoms with Gasteiger partial charge in [0.15, 0.2) is 11.5 Å². The average molecular weight is 433 g/mol. The first-order chi connectivity index (χ1) is 15.9. The second-order valence-electron chi connectivity index (χ2n) is 8.66. The number of ether oxygens (including phenoxy) is 2. The maximum absolute atomic E-state index is 6.58. The quantitative estimate of drug-likeness (QED) is 0.662. The molecule has 2 aliphatic heterocycles. The first-order valence-electron chi connectivity index (χ1n) is 11.5. The molecule has 2 fully saturated rings. The van der Waals surface area contributed by atoms with Crippen molar-refractivity contribution in [3.63, 3.8) is 0 Å². The van der Waals surface area contributed by atoms with Gasteiger partial charge >= 0.3 is 0 Å². The van der Waals surface area contributed by atoms with Gasteiger partial charge in [-0.1, -0.05) is 18.2 Å². The Hall–Kier alpha value is -2.97. The predicted molar refractivity (Wildman–Crippen MR) is 124 cm³/mol. The van der Waals surface area contributed by atoms with Crippen LogP contribution in [0.15, 0.2) is 36.9 Å². The molecule has 8 nitrogen and oxygen atoms in total. The number of hydrogen-bond acceptors (Lipinski definition) is 7. The first-order valence-corrected chi connectivity index (χ1v) is 11.5. The number of anilines is 2. The molecule has 32 heavy (non-hydrogen) atoms. The molecule has 1 unspecified atom stereocenters. The molecule has 0 radical (unpaired) electrons. The number of imidazole rings is 1. The van der Waals surface area contributed by atoms with Crippen LogP contribution in [0.2, 0.25) is 0 Å². The molecule has 1 N–H and O–H groups in total. The number of hydrogen-bond donors (Lipinski definition) is 1. The molecule has 3 aromatic rings. The second-order valence-corrected chi connectivity index (χ2v) is 8.66. The first kappa shape index (κ1) is 19.7. The molecule has 2 saturated heterocycles. The molecule has 1 aromatic carbocycles. The molecule has 2 aromatic heterocycles. The summed E-state index contributed by atoms with van der Waals surface area (Å²) < 4.78 is 12.1. The second kappa shape index (κ2) is 8.52. The minimum absolute atomic E-state index is 0.0796. The molecule has 2 atom stereocenters. The Labute approximate surface area is 187 Å². The number of benzene rings is 1. The molecule has 6 rings (SSSR count). The van der Waals surface area contributed by atoms with Crippen molar-refractivity contribution in [2.75, 3.05) is 49.3 Å². The van der Waals surface area contributed by atoms with Gasteiger partial charge < -0.3 is 24.3 Å². The zero-order chi connectivity index (χ0) is 21.3. The van der Waals surface area contributed by atoms with Crippen LogP contribution < -0.4 is 9.80 Å². The van der Waals surface area contributed by atoms with Gasteiger partial charge in [-0.05, 0) is 42.5 Å². The van der Waals surface area contributed by atoms with E-state index in [0.29, 0.717) is 18.3 Å².